The van der Waals surface area contributed by atoms with Gasteiger partial charge >= 0.3 is 0 Å². The lowest BCUT2D eigenvalue weighted by Gasteiger charge is -2.37. The molecule has 1 aromatic carbocycles. The Morgan fingerprint density at radius 3 is 2.30 bits per heavy atom. The molecule has 0 spiro atoms. The van der Waals surface area contributed by atoms with Crippen LogP contribution < -0.4 is 15.5 Å². The molecule has 4 nitrogen and oxygen atoms in total. The first kappa shape index (κ1) is 13.1. The van der Waals surface area contributed by atoms with E-state index in [9.17, 15) is 0 Å². The summed E-state index contributed by atoms with van der Waals surface area (Å²) < 4.78 is 0. The van der Waals surface area contributed by atoms with Gasteiger partial charge in [-0.25, -0.2) is 4.98 Å². The van der Waals surface area contributed by atoms with Crippen molar-refractivity contribution < 1.29 is 0 Å². The minimum atomic E-state index is 0.599. The van der Waals surface area contributed by atoms with E-state index in [0.717, 1.165) is 32.0 Å². The predicted molar refractivity (Wildman–Crippen MR) is 84.5 cm³/mol. The summed E-state index contributed by atoms with van der Waals surface area (Å²) in [6.07, 6.45) is 1.66. The number of pyridine rings is 1. The number of anilines is 3. The Morgan fingerprint density at radius 2 is 1.65 bits per heavy atom. The third-order valence-corrected chi connectivity index (χ3v) is 3.82. The summed E-state index contributed by atoms with van der Waals surface area (Å²) in [4.78, 5) is 8.94. The van der Waals surface area contributed by atoms with Crippen LogP contribution in [0.2, 0.25) is 5.02 Å². The maximum atomic E-state index is 6.22. The summed E-state index contributed by atoms with van der Waals surface area (Å²) in [5.41, 5.74) is 7.55. The van der Waals surface area contributed by atoms with Gasteiger partial charge in [-0.05, 0) is 18.2 Å². The smallest absolute Gasteiger partial charge is 0.147 e. The first-order chi connectivity index (χ1) is 9.74. The Kier molecular flexibility index (Phi) is 3.65. The average Bonchev–Trinajstić information content (AvgIpc) is 2.48. The van der Waals surface area contributed by atoms with Gasteiger partial charge in [0.1, 0.15) is 5.82 Å². The Bertz CT molecular complexity index is 580. The largest absolute Gasteiger partial charge is 0.397 e. The molecule has 1 aliphatic heterocycles. The highest BCUT2D eigenvalue weighted by molar-refractivity contribution is 6.33. The lowest BCUT2D eigenvalue weighted by atomic mass is 10.2. The van der Waals surface area contributed by atoms with Gasteiger partial charge in [0.15, 0.2) is 0 Å². The molecule has 0 unspecified atom stereocenters. The molecule has 3 rings (SSSR count). The fourth-order valence-electron chi connectivity index (χ4n) is 2.49. The van der Waals surface area contributed by atoms with Gasteiger partial charge in [0.25, 0.3) is 0 Å². The Morgan fingerprint density at radius 1 is 1.00 bits per heavy atom. The zero-order chi connectivity index (χ0) is 13.9. The minimum Gasteiger partial charge on any atom is -0.397 e. The third kappa shape index (κ3) is 2.65. The first-order valence-corrected chi connectivity index (χ1v) is 7.08. The second kappa shape index (κ2) is 5.59. The number of para-hydroxylation sites is 1. The molecule has 0 bridgehead atoms. The molecule has 1 aliphatic rings. The third-order valence-electron chi connectivity index (χ3n) is 3.54. The van der Waals surface area contributed by atoms with Crippen LogP contribution in [0.1, 0.15) is 0 Å². The Labute approximate surface area is 123 Å². The number of hydrogen-bond acceptors (Lipinski definition) is 4. The molecule has 5 heteroatoms. The molecule has 0 aliphatic carbocycles. The van der Waals surface area contributed by atoms with Gasteiger partial charge in [-0.2, -0.15) is 0 Å². The lowest BCUT2D eigenvalue weighted by Crippen LogP contribution is -2.46. The van der Waals surface area contributed by atoms with Crippen LogP contribution in [0.3, 0.4) is 0 Å². The summed E-state index contributed by atoms with van der Waals surface area (Å²) in [5.74, 6) is 0.827. The Hall–Kier alpha value is -1.94. The number of hydrogen-bond donors (Lipinski definition) is 1. The van der Waals surface area contributed by atoms with Crippen LogP contribution in [-0.2, 0) is 0 Å². The SMILES string of the molecule is Nc1cnc(N2CCN(c3ccccc3)CC2)c(Cl)c1. The van der Waals surface area contributed by atoms with Crippen molar-refractivity contribution in [2.75, 3.05) is 41.7 Å². The van der Waals surface area contributed by atoms with Gasteiger partial charge in [-0.3, -0.25) is 0 Å². The van der Waals surface area contributed by atoms with Crippen molar-refractivity contribution in [3.05, 3.63) is 47.6 Å². The van der Waals surface area contributed by atoms with E-state index in [1.807, 2.05) is 6.07 Å². The molecule has 0 radical (unpaired) electrons. The number of benzene rings is 1. The number of aromatic nitrogens is 1. The fraction of sp³-hybridized carbons (Fsp3) is 0.267. The van der Waals surface area contributed by atoms with Crippen molar-refractivity contribution in [3.8, 4) is 0 Å². The molecule has 0 atom stereocenters. The summed E-state index contributed by atoms with van der Waals surface area (Å²) in [6, 6.07) is 12.2. The van der Waals surface area contributed by atoms with E-state index in [0.29, 0.717) is 10.7 Å². The normalized spacial score (nSPS) is 15.4. The monoisotopic (exact) mass is 288 g/mol. The zero-order valence-electron chi connectivity index (χ0n) is 11.2. The van der Waals surface area contributed by atoms with Crippen LogP contribution in [-0.4, -0.2) is 31.2 Å². The van der Waals surface area contributed by atoms with Gasteiger partial charge in [0.2, 0.25) is 0 Å². The quantitative estimate of drug-likeness (QED) is 0.923. The van der Waals surface area contributed by atoms with E-state index < -0.39 is 0 Å². The minimum absolute atomic E-state index is 0.599. The molecule has 0 amide bonds. The van der Waals surface area contributed by atoms with Crippen LogP contribution in [0.5, 0.6) is 0 Å². The van der Waals surface area contributed by atoms with E-state index in [-0.39, 0.29) is 0 Å². The number of nitrogens with two attached hydrogens (primary N) is 1. The molecule has 2 aromatic rings. The van der Waals surface area contributed by atoms with Crippen molar-refractivity contribution >= 4 is 28.8 Å². The molecule has 2 heterocycles. The highest BCUT2D eigenvalue weighted by Gasteiger charge is 2.20. The van der Waals surface area contributed by atoms with E-state index >= 15 is 0 Å². The van der Waals surface area contributed by atoms with Crippen molar-refractivity contribution in [2.24, 2.45) is 0 Å². The van der Waals surface area contributed by atoms with E-state index in [4.69, 9.17) is 17.3 Å². The van der Waals surface area contributed by atoms with Gasteiger partial charge < -0.3 is 15.5 Å². The average molecular weight is 289 g/mol. The molecule has 1 saturated heterocycles. The Balaban J connectivity index is 1.69. The first-order valence-electron chi connectivity index (χ1n) is 6.70. The van der Waals surface area contributed by atoms with Crippen molar-refractivity contribution in [3.63, 3.8) is 0 Å². The number of halogens is 1. The summed E-state index contributed by atoms with van der Waals surface area (Å²) >= 11 is 6.22. The topological polar surface area (TPSA) is 45.4 Å². The molecular weight excluding hydrogens is 272 g/mol. The standard InChI is InChI=1S/C15H17ClN4/c16-14-10-12(17)11-18-15(14)20-8-6-19(7-9-20)13-4-2-1-3-5-13/h1-5,10-11H,6-9,17H2. The number of nitrogens with zero attached hydrogens (tertiary/aromatic N) is 3. The zero-order valence-corrected chi connectivity index (χ0v) is 11.9. The van der Waals surface area contributed by atoms with Gasteiger partial charge in [-0.1, -0.05) is 29.8 Å². The molecule has 104 valence electrons. The number of rotatable bonds is 2. The second-order valence-electron chi connectivity index (χ2n) is 4.88. The number of nitrogen functional groups attached to an aromatic ring is 1. The summed E-state index contributed by atoms with van der Waals surface area (Å²) in [7, 11) is 0. The molecule has 1 aromatic heterocycles. The maximum absolute atomic E-state index is 6.22. The second-order valence-corrected chi connectivity index (χ2v) is 5.29. The molecule has 2 N–H and O–H groups in total. The highest BCUT2D eigenvalue weighted by Crippen LogP contribution is 2.26. The van der Waals surface area contributed by atoms with Gasteiger partial charge in [0, 0.05) is 31.9 Å². The molecule has 0 saturated carbocycles. The highest BCUT2D eigenvalue weighted by atomic mass is 35.5. The lowest BCUT2D eigenvalue weighted by molar-refractivity contribution is 0.647. The van der Waals surface area contributed by atoms with Crippen LogP contribution in [0, 0.1) is 0 Å². The molecular formula is C15H17ClN4. The van der Waals surface area contributed by atoms with Crippen LogP contribution >= 0.6 is 11.6 Å². The number of piperazine rings is 1. The van der Waals surface area contributed by atoms with E-state index in [2.05, 4.69) is 39.0 Å². The molecule has 20 heavy (non-hydrogen) atoms. The predicted octanol–water partition coefficient (Wildman–Crippen LogP) is 2.64. The van der Waals surface area contributed by atoms with E-state index in [1.165, 1.54) is 5.69 Å². The van der Waals surface area contributed by atoms with Gasteiger partial charge in [0.05, 0.1) is 16.9 Å². The van der Waals surface area contributed by atoms with Crippen LogP contribution in [0.15, 0.2) is 42.6 Å². The van der Waals surface area contributed by atoms with Crippen molar-refractivity contribution in [2.45, 2.75) is 0 Å². The molecule has 1 fully saturated rings. The van der Waals surface area contributed by atoms with Crippen molar-refractivity contribution in [1.82, 2.24) is 4.98 Å². The van der Waals surface area contributed by atoms with Gasteiger partial charge in [-0.15, -0.1) is 0 Å². The maximum Gasteiger partial charge on any atom is 0.147 e. The van der Waals surface area contributed by atoms with Crippen molar-refractivity contribution in [1.29, 1.82) is 0 Å². The summed E-state index contributed by atoms with van der Waals surface area (Å²) in [5, 5.41) is 0.623. The summed E-state index contributed by atoms with van der Waals surface area (Å²) in [6.45, 7) is 3.75. The van der Waals surface area contributed by atoms with E-state index in [1.54, 1.807) is 12.3 Å². The van der Waals surface area contributed by atoms with Crippen LogP contribution in [0.25, 0.3) is 0 Å². The van der Waals surface area contributed by atoms with Crippen LogP contribution in [0.4, 0.5) is 17.2 Å². The fourth-order valence-corrected chi connectivity index (χ4v) is 2.79.